The monoisotopic (exact) mass is 600 g/mol. The summed E-state index contributed by atoms with van der Waals surface area (Å²) in [6.45, 7) is 2.76. The largest absolute Gasteiger partial charge is 1.00 e. The van der Waals surface area contributed by atoms with E-state index in [4.69, 9.17) is 9.47 Å². The SMILES string of the molecule is COc1ccc(C(=O)C[N+]23CCC(CC2)[C@@H](NC(=O)OC(c2cccc(F)c2)c2cccc(F)c2)C3)cc1.[Br-]. The number of alkyl carbamates (subject to hydrolysis) is 1. The number of rotatable bonds is 8. The smallest absolute Gasteiger partial charge is 0.408 e. The molecule has 0 aromatic heterocycles. The second kappa shape index (κ2) is 12.3. The van der Waals surface area contributed by atoms with Gasteiger partial charge >= 0.3 is 6.09 Å². The number of Topliss-reactive ketones (excluding diaryl/α,β-unsaturated/α-hetero) is 1. The van der Waals surface area contributed by atoms with Crippen LogP contribution in [-0.2, 0) is 4.74 Å². The minimum absolute atomic E-state index is 0. The number of piperidine rings is 3. The maximum Gasteiger partial charge on any atom is 0.408 e. The zero-order valence-corrected chi connectivity index (χ0v) is 23.2. The minimum atomic E-state index is -0.970. The lowest BCUT2D eigenvalue weighted by Gasteiger charge is -2.52. The van der Waals surface area contributed by atoms with Crippen LogP contribution in [0.15, 0.2) is 72.8 Å². The Labute approximate surface area is 237 Å². The number of hydrogen-bond acceptors (Lipinski definition) is 4. The highest BCUT2D eigenvalue weighted by molar-refractivity contribution is 5.97. The van der Waals surface area contributed by atoms with Gasteiger partial charge in [-0.05, 0) is 65.6 Å². The Morgan fingerprint density at radius 1 is 0.949 bits per heavy atom. The molecular formula is C30H31BrF2N2O4. The number of halogens is 3. The number of nitrogens with one attached hydrogen (secondary N) is 1. The standard InChI is InChI=1S/C30H30F2N2O4.BrH/c1-37-26-10-8-21(9-11-26)28(35)19-34-14-12-20(13-15-34)27(18-34)33-30(36)38-29(22-4-2-6-24(31)16-22)23-5-3-7-25(32)17-23;/h2-11,16-17,20,27,29H,12-15,18-19H2,1H3;1H/t20?,27-,34?;/m0./s1. The van der Waals surface area contributed by atoms with E-state index in [9.17, 15) is 18.4 Å². The molecule has 3 aromatic rings. The Kier molecular flexibility index (Phi) is 9.02. The summed E-state index contributed by atoms with van der Waals surface area (Å²) < 4.78 is 39.5. The number of methoxy groups -OCH3 is 1. The number of hydrogen-bond donors (Lipinski definition) is 1. The molecule has 0 unspecified atom stereocenters. The second-order valence-electron chi connectivity index (χ2n) is 10.3. The number of ketones is 1. The van der Waals surface area contributed by atoms with E-state index < -0.39 is 23.8 Å². The summed E-state index contributed by atoms with van der Waals surface area (Å²) >= 11 is 0. The van der Waals surface area contributed by atoms with Crippen molar-refractivity contribution in [2.24, 2.45) is 5.92 Å². The Morgan fingerprint density at radius 2 is 1.54 bits per heavy atom. The van der Waals surface area contributed by atoms with E-state index in [0.29, 0.717) is 45.9 Å². The molecule has 6 rings (SSSR count). The van der Waals surface area contributed by atoms with E-state index >= 15 is 0 Å². The quantitative estimate of drug-likeness (QED) is 0.318. The minimum Gasteiger partial charge on any atom is -1.00 e. The van der Waals surface area contributed by atoms with Gasteiger partial charge in [0.05, 0.1) is 32.8 Å². The summed E-state index contributed by atoms with van der Waals surface area (Å²) in [5.74, 6) is 0.105. The summed E-state index contributed by atoms with van der Waals surface area (Å²) in [4.78, 5) is 26.2. The van der Waals surface area contributed by atoms with Crippen molar-refractivity contribution in [1.29, 1.82) is 0 Å². The molecular weight excluding hydrogens is 570 g/mol. The molecule has 6 nitrogen and oxygen atoms in total. The van der Waals surface area contributed by atoms with Gasteiger partial charge in [0.1, 0.15) is 23.9 Å². The van der Waals surface area contributed by atoms with Crippen molar-refractivity contribution in [1.82, 2.24) is 5.32 Å². The van der Waals surface area contributed by atoms with Gasteiger partial charge in [-0.2, -0.15) is 0 Å². The topological polar surface area (TPSA) is 64.6 Å². The molecule has 3 saturated heterocycles. The fraction of sp³-hybridized carbons (Fsp3) is 0.333. The molecule has 1 atom stereocenters. The number of carbonyl (C=O) groups excluding carboxylic acids is 2. The molecule has 0 radical (unpaired) electrons. The lowest BCUT2D eigenvalue weighted by Crippen LogP contribution is -3.00. The molecule has 1 N–H and O–H groups in total. The first-order valence-corrected chi connectivity index (χ1v) is 12.8. The molecule has 0 spiro atoms. The van der Waals surface area contributed by atoms with Crippen molar-refractivity contribution < 1.29 is 49.3 Å². The summed E-state index contributed by atoms with van der Waals surface area (Å²) in [6, 6.07) is 18.5. The van der Waals surface area contributed by atoms with E-state index in [1.807, 2.05) is 0 Å². The maximum absolute atomic E-state index is 14.0. The number of carbonyl (C=O) groups is 2. The number of nitrogens with zero attached hydrogens (tertiary/aromatic N) is 1. The van der Waals surface area contributed by atoms with Crippen molar-refractivity contribution in [3.8, 4) is 5.75 Å². The van der Waals surface area contributed by atoms with Gasteiger partial charge in [-0.25, -0.2) is 13.6 Å². The second-order valence-corrected chi connectivity index (χ2v) is 10.3. The van der Waals surface area contributed by atoms with Crippen molar-refractivity contribution >= 4 is 11.9 Å². The molecule has 3 aromatic carbocycles. The number of quaternary nitrogens is 1. The molecule has 206 valence electrons. The lowest BCUT2D eigenvalue weighted by atomic mass is 9.81. The van der Waals surface area contributed by atoms with Gasteiger partial charge in [0.15, 0.2) is 6.10 Å². The van der Waals surface area contributed by atoms with Gasteiger partial charge in [0.25, 0.3) is 0 Å². The molecule has 3 fully saturated rings. The van der Waals surface area contributed by atoms with Gasteiger partial charge in [-0.3, -0.25) is 4.79 Å². The highest BCUT2D eigenvalue weighted by Crippen LogP contribution is 2.35. The molecule has 3 aliphatic heterocycles. The fourth-order valence-electron chi connectivity index (χ4n) is 5.81. The van der Waals surface area contributed by atoms with Gasteiger partial charge in [0, 0.05) is 18.4 Å². The van der Waals surface area contributed by atoms with Crippen LogP contribution in [0.3, 0.4) is 0 Å². The zero-order chi connectivity index (χ0) is 26.7. The molecule has 3 aliphatic rings. The molecule has 0 aliphatic carbocycles. The maximum atomic E-state index is 14.0. The summed E-state index contributed by atoms with van der Waals surface area (Å²) in [7, 11) is 1.59. The first-order valence-electron chi connectivity index (χ1n) is 12.8. The van der Waals surface area contributed by atoms with Gasteiger partial charge in [-0.1, -0.05) is 24.3 Å². The van der Waals surface area contributed by atoms with Crippen LogP contribution in [0, 0.1) is 17.6 Å². The van der Waals surface area contributed by atoms with Crippen molar-refractivity contribution in [2.45, 2.75) is 25.0 Å². The molecule has 9 heteroatoms. The first kappa shape index (κ1) is 28.7. The molecule has 3 heterocycles. The van der Waals surface area contributed by atoms with E-state index in [0.717, 1.165) is 25.9 Å². The highest BCUT2D eigenvalue weighted by atomic mass is 79.9. The fourth-order valence-corrected chi connectivity index (χ4v) is 5.81. The van der Waals surface area contributed by atoms with Crippen molar-refractivity contribution in [3.63, 3.8) is 0 Å². The molecule has 39 heavy (non-hydrogen) atoms. The van der Waals surface area contributed by atoms with Crippen LogP contribution in [0.1, 0.15) is 40.4 Å². The molecule has 1 amide bonds. The Hall–Kier alpha value is -3.30. The number of ether oxygens (including phenoxy) is 2. The Bertz CT molecular complexity index is 1270. The van der Waals surface area contributed by atoms with E-state index in [1.54, 1.807) is 43.5 Å². The number of fused-ring (bicyclic) bond motifs is 3. The average Bonchev–Trinajstić information content (AvgIpc) is 2.92. The third kappa shape index (κ3) is 6.65. The van der Waals surface area contributed by atoms with E-state index in [1.165, 1.54) is 36.4 Å². The van der Waals surface area contributed by atoms with Crippen LogP contribution < -0.4 is 27.0 Å². The van der Waals surface area contributed by atoms with Crippen LogP contribution >= 0.6 is 0 Å². The Morgan fingerprint density at radius 3 is 2.08 bits per heavy atom. The van der Waals surface area contributed by atoms with E-state index in [2.05, 4.69) is 5.32 Å². The lowest BCUT2D eigenvalue weighted by molar-refractivity contribution is -0.936. The number of benzene rings is 3. The highest BCUT2D eigenvalue weighted by Gasteiger charge is 2.47. The van der Waals surface area contributed by atoms with Crippen LogP contribution in [0.25, 0.3) is 0 Å². The predicted octanol–water partition coefficient (Wildman–Crippen LogP) is 2.28. The average molecular weight is 601 g/mol. The predicted molar refractivity (Wildman–Crippen MR) is 138 cm³/mol. The Balaban J connectivity index is 0.00000353. The summed E-state index contributed by atoms with van der Waals surface area (Å²) in [6.07, 6.45) is 0.181. The van der Waals surface area contributed by atoms with Crippen molar-refractivity contribution in [3.05, 3.63) is 101 Å². The third-order valence-corrected chi connectivity index (χ3v) is 7.82. The van der Waals surface area contributed by atoms with Crippen LogP contribution in [0.4, 0.5) is 13.6 Å². The summed E-state index contributed by atoms with van der Waals surface area (Å²) in [5.41, 5.74) is 1.46. The van der Waals surface area contributed by atoms with Gasteiger partial charge in [-0.15, -0.1) is 0 Å². The normalized spacial score (nSPS) is 21.6. The van der Waals surface area contributed by atoms with Crippen LogP contribution in [0.2, 0.25) is 0 Å². The first-order chi connectivity index (χ1) is 18.3. The van der Waals surface area contributed by atoms with Gasteiger partial charge < -0.3 is 36.3 Å². The van der Waals surface area contributed by atoms with Gasteiger partial charge in [0.2, 0.25) is 5.78 Å². The molecule has 2 bridgehead atoms. The molecule has 0 saturated carbocycles. The zero-order valence-electron chi connectivity index (χ0n) is 21.6. The van der Waals surface area contributed by atoms with Crippen LogP contribution in [-0.4, -0.2) is 55.7 Å². The van der Waals surface area contributed by atoms with E-state index in [-0.39, 0.29) is 28.8 Å². The van der Waals surface area contributed by atoms with Crippen molar-refractivity contribution in [2.75, 3.05) is 33.3 Å². The third-order valence-electron chi connectivity index (χ3n) is 7.82. The number of amides is 1. The summed E-state index contributed by atoms with van der Waals surface area (Å²) in [5, 5.41) is 3.01. The van der Waals surface area contributed by atoms with Crippen LogP contribution in [0.5, 0.6) is 5.75 Å².